The molecule has 1 heterocycles. The minimum Gasteiger partial charge on any atom is -0.208 e. The first-order valence-electron chi connectivity index (χ1n) is 14.1. The van der Waals surface area contributed by atoms with Crippen molar-refractivity contribution in [3.63, 3.8) is 0 Å². The van der Waals surface area contributed by atoms with E-state index in [1.807, 2.05) is 97.1 Å². The Hall–Kier alpha value is -5.74. The molecule has 7 rings (SSSR count). The van der Waals surface area contributed by atoms with Gasteiger partial charge in [-0.2, -0.15) is 0 Å². The van der Waals surface area contributed by atoms with Gasteiger partial charge in [-0.1, -0.05) is 146 Å². The molecule has 4 heteroatoms. The van der Waals surface area contributed by atoms with Crippen molar-refractivity contribution in [2.75, 3.05) is 0 Å². The van der Waals surface area contributed by atoms with Crippen molar-refractivity contribution < 1.29 is 4.39 Å². The lowest BCUT2D eigenvalue weighted by atomic mass is 10.0. The first kappa shape index (κ1) is 26.2. The first-order valence-corrected chi connectivity index (χ1v) is 14.1. The van der Waals surface area contributed by atoms with Crippen LogP contribution >= 0.6 is 0 Å². The molecular weight excluding hydrogens is 529 g/mol. The summed E-state index contributed by atoms with van der Waals surface area (Å²) in [4.78, 5) is 14.4. The zero-order valence-electron chi connectivity index (χ0n) is 23.2. The minimum atomic E-state index is -0.386. The van der Waals surface area contributed by atoms with Crippen LogP contribution in [0.15, 0.2) is 158 Å². The fraction of sp³-hybridized carbons (Fsp3) is 0. The predicted octanol–water partition coefficient (Wildman–Crippen LogP) is 10.0. The summed E-state index contributed by atoms with van der Waals surface area (Å²) in [5, 5.41) is 0. The standard InChI is InChI=1S/C39H26FN3/c40-36-26-34(29-14-8-3-9-15-29)24-25-35(36)39-42-37(32-20-16-30(17-21-32)27-10-4-1-5-11-27)41-38(43-39)33-22-18-31(19-23-33)28-12-6-2-7-13-28/h1-26H. The predicted molar refractivity (Wildman–Crippen MR) is 172 cm³/mol. The van der Waals surface area contributed by atoms with Gasteiger partial charge in [0.15, 0.2) is 17.5 Å². The summed E-state index contributed by atoms with van der Waals surface area (Å²) in [6.07, 6.45) is 0. The number of hydrogen-bond acceptors (Lipinski definition) is 3. The van der Waals surface area contributed by atoms with E-state index in [1.165, 1.54) is 6.07 Å². The molecular formula is C39H26FN3. The molecule has 3 nitrogen and oxygen atoms in total. The fourth-order valence-electron chi connectivity index (χ4n) is 5.15. The Morgan fingerprint density at radius 1 is 0.302 bits per heavy atom. The second-order valence-electron chi connectivity index (χ2n) is 10.3. The van der Waals surface area contributed by atoms with Gasteiger partial charge in [-0.25, -0.2) is 19.3 Å². The number of hydrogen-bond donors (Lipinski definition) is 0. The lowest BCUT2D eigenvalue weighted by Gasteiger charge is -2.11. The normalized spacial score (nSPS) is 10.9. The zero-order chi connectivity index (χ0) is 29.0. The van der Waals surface area contributed by atoms with Crippen molar-refractivity contribution in [2.45, 2.75) is 0 Å². The Morgan fingerprint density at radius 2 is 0.628 bits per heavy atom. The van der Waals surface area contributed by atoms with Crippen molar-refractivity contribution in [1.82, 2.24) is 15.0 Å². The smallest absolute Gasteiger partial charge is 0.167 e. The van der Waals surface area contributed by atoms with Crippen molar-refractivity contribution in [2.24, 2.45) is 0 Å². The second-order valence-corrected chi connectivity index (χ2v) is 10.3. The molecule has 0 radical (unpaired) electrons. The van der Waals surface area contributed by atoms with Gasteiger partial charge < -0.3 is 0 Å². The van der Waals surface area contributed by atoms with Gasteiger partial charge in [-0.15, -0.1) is 0 Å². The van der Waals surface area contributed by atoms with Crippen molar-refractivity contribution in [1.29, 1.82) is 0 Å². The van der Waals surface area contributed by atoms with Crippen molar-refractivity contribution >= 4 is 0 Å². The number of halogens is 1. The molecule has 6 aromatic carbocycles. The third-order valence-electron chi connectivity index (χ3n) is 7.45. The molecule has 7 aromatic rings. The number of rotatable bonds is 6. The Labute approximate surface area is 250 Å². The van der Waals surface area contributed by atoms with Crippen LogP contribution in [0, 0.1) is 5.82 Å². The van der Waals surface area contributed by atoms with E-state index < -0.39 is 0 Å². The minimum absolute atomic E-state index is 0.288. The molecule has 0 aliphatic rings. The van der Waals surface area contributed by atoms with Crippen molar-refractivity contribution in [3.05, 3.63) is 164 Å². The maximum absolute atomic E-state index is 15.7. The molecule has 0 N–H and O–H groups in total. The van der Waals surface area contributed by atoms with Gasteiger partial charge in [0.1, 0.15) is 5.82 Å². The van der Waals surface area contributed by atoms with Gasteiger partial charge >= 0.3 is 0 Å². The monoisotopic (exact) mass is 555 g/mol. The third-order valence-corrected chi connectivity index (χ3v) is 7.45. The molecule has 0 spiro atoms. The van der Waals surface area contributed by atoms with E-state index in [0.717, 1.165) is 44.5 Å². The molecule has 0 fully saturated rings. The Bertz CT molecular complexity index is 1890. The summed E-state index contributed by atoms with van der Waals surface area (Å²) < 4.78 is 15.7. The Kier molecular flexibility index (Phi) is 7.08. The molecule has 0 amide bonds. The van der Waals surface area contributed by atoms with E-state index in [1.54, 1.807) is 6.07 Å². The maximum atomic E-state index is 15.7. The zero-order valence-corrected chi connectivity index (χ0v) is 23.2. The van der Waals surface area contributed by atoms with E-state index in [4.69, 9.17) is 15.0 Å². The molecule has 0 bridgehead atoms. The highest BCUT2D eigenvalue weighted by Gasteiger charge is 2.16. The summed E-state index contributed by atoms with van der Waals surface area (Å²) in [6.45, 7) is 0. The number of benzene rings is 6. The topological polar surface area (TPSA) is 38.7 Å². The van der Waals surface area contributed by atoms with E-state index in [-0.39, 0.29) is 11.6 Å². The average Bonchev–Trinajstić information content (AvgIpc) is 3.09. The molecule has 0 unspecified atom stereocenters. The molecule has 0 atom stereocenters. The van der Waals surface area contributed by atoms with Crippen LogP contribution in [0.3, 0.4) is 0 Å². The molecule has 43 heavy (non-hydrogen) atoms. The van der Waals surface area contributed by atoms with E-state index in [2.05, 4.69) is 48.5 Å². The SMILES string of the molecule is Fc1cc(-c2ccccc2)ccc1-c1nc(-c2ccc(-c3ccccc3)cc2)nc(-c2ccc(-c3ccccc3)cc2)n1. The molecule has 0 saturated heterocycles. The van der Waals surface area contributed by atoms with E-state index in [0.29, 0.717) is 17.2 Å². The summed E-state index contributed by atoms with van der Waals surface area (Å²) in [6, 6.07) is 51.6. The quantitative estimate of drug-likeness (QED) is 0.205. The van der Waals surface area contributed by atoms with Crippen LogP contribution in [-0.4, -0.2) is 15.0 Å². The third kappa shape index (κ3) is 5.59. The summed E-state index contributed by atoms with van der Waals surface area (Å²) in [7, 11) is 0. The van der Waals surface area contributed by atoms with Crippen LogP contribution in [0.4, 0.5) is 4.39 Å². The number of aromatic nitrogens is 3. The number of nitrogens with zero attached hydrogens (tertiary/aromatic N) is 3. The van der Waals surface area contributed by atoms with Crippen LogP contribution in [-0.2, 0) is 0 Å². The fourth-order valence-corrected chi connectivity index (χ4v) is 5.15. The maximum Gasteiger partial charge on any atom is 0.167 e. The molecule has 204 valence electrons. The van der Waals surface area contributed by atoms with Crippen LogP contribution in [0.2, 0.25) is 0 Å². The van der Waals surface area contributed by atoms with E-state index in [9.17, 15) is 0 Å². The molecule has 1 aromatic heterocycles. The summed E-state index contributed by atoms with van der Waals surface area (Å²) in [5.74, 6) is 0.872. The highest BCUT2D eigenvalue weighted by Crippen LogP contribution is 2.31. The van der Waals surface area contributed by atoms with Gasteiger partial charge in [0, 0.05) is 11.1 Å². The van der Waals surface area contributed by atoms with E-state index >= 15 is 4.39 Å². The van der Waals surface area contributed by atoms with Crippen LogP contribution in [0.5, 0.6) is 0 Å². The highest BCUT2D eigenvalue weighted by molar-refractivity contribution is 5.73. The molecule has 0 saturated carbocycles. The van der Waals surface area contributed by atoms with Gasteiger partial charge in [0.2, 0.25) is 0 Å². The second kappa shape index (κ2) is 11.6. The van der Waals surface area contributed by atoms with Crippen LogP contribution in [0.1, 0.15) is 0 Å². The first-order chi connectivity index (χ1) is 21.2. The van der Waals surface area contributed by atoms with Crippen molar-refractivity contribution in [3.8, 4) is 67.5 Å². The Balaban J connectivity index is 1.31. The molecule has 0 aliphatic carbocycles. The average molecular weight is 556 g/mol. The lowest BCUT2D eigenvalue weighted by Crippen LogP contribution is -2.01. The van der Waals surface area contributed by atoms with Crippen LogP contribution < -0.4 is 0 Å². The molecule has 0 aliphatic heterocycles. The largest absolute Gasteiger partial charge is 0.208 e. The van der Waals surface area contributed by atoms with Gasteiger partial charge in [-0.05, 0) is 45.5 Å². The van der Waals surface area contributed by atoms with Gasteiger partial charge in [0.25, 0.3) is 0 Å². The Morgan fingerprint density at radius 3 is 1.05 bits per heavy atom. The van der Waals surface area contributed by atoms with Gasteiger partial charge in [0.05, 0.1) is 5.56 Å². The summed E-state index contributed by atoms with van der Waals surface area (Å²) >= 11 is 0. The van der Waals surface area contributed by atoms with Gasteiger partial charge in [-0.3, -0.25) is 0 Å². The highest BCUT2D eigenvalue weighted by atomic mass is 19.1. The van der Waals surface area contributed by atoms with Crippen LogP contribution in [0.25, 0.3) is 67.5 Å². The summed E-state index contributed by atoms with van der Waals surface area (Å²) in [5.41, 5.74) is 8.17. The lowest BCUT2D eigenvalue weighted by molar-refractivity contribution is 0.630.